The minimum absolute atomic E-state index is 0.0239. The first-order valence-electron chi connectivity index (χ1n) is 23.8. The molecule has 1 amide bonds. The molecule has 0 spiro atoms. The van der Waals surface area contributed by atoms with Gasteiger partial charge in [0, 0.05) is 12.8 Å². The summed E-state index contributed by atoms with van der Waals surface area (Å²) in [6.07, 6.45) is 46.3. The summed E-state index contributed by atoms with van der Waals surface area (Å²) in [7, 11) is 0. The standard InChI is InChI=1S/C47H93NO5/c1-3-5-7-9-11-13-15-17-18-19-20-23-27-31-35-39-45(50)44(43-49)48-46(51)40-36-32-28-24-22-26-30-34-38-42-53-47(52)41-37-33-29-25-21-16-14-12-10-8-6-4-2/h44-45,49-50H,3-43H2,1-2H3,(H,48,51). The van der Waals surface area contributed by atoms with Crippen molar-refractivity contribution in [1.29, 1.82) is 0 Å². The Balaban J connectivity index is 3.49. The zero-order chi connectivity index (χ0) is 38.7. The number of aliphatic hydroxyl groups excluding tert-OH is 2. The van der Waals surface area contributed by atoms with Gasteiger partial charge in [0.15, 0.2) is 0 Å². The van der Waals surface area contributed by atoms with Gasteiger partial charge < -0.3 is 20.3 Å². The van der Waals surface area contributed by atoms with Crippen LogP contribution in [-0.2, 0) is 14.3 Å². The summed E-state index contributed by atoms with van der Waals surface area (Å²) in [5.41, 5.74) is 0. The van der Waals surface area contributed by atoms with Crippen molar-refractivity contribution in [1.82, 2.24) is 5.32 Å². The maximum absolute atomic E-state index is 12.4. The van der Waals surface area contributed by atoms with Crippen LogP contribution in [0.4, 0.5) is 0 Å². The molecule has 0 aromatic rings. The largest absolute Gasteiger partial charge is 0.466 e. The summed E-state index contributed by atoms with van der Waals surface area (Å²) < 4.78 is 5.43. The van der Waals surface area contributed by atoms with Crippen LogP contribution in [0.25, 0.3) is 0 Å². The number of esters is 1. The number of carbonyl (C=O) groups excluding carboxylic acids is 2. The van der Waals surface area contributed by atoms with E-state index in [1.54, 1.807) is 0 Å². The third-order valence-electron chi connectivity index (χ3n) is 11.2. The highest BCUT2D eigenvalue weighted by Gasteiger charge is 2.20. The van der Waals surface area contributed by atoms with Crippen LogP contribution in [0.3, 0.4) is 0 Å². The second-order valence-corrected chi connectivity index (χ2v) is 16.5. The number of aliphatic hydroxyl groups is 2. The molecule has 0 aliphatic heterocycles. The van der Waals surface area contributed by atoms with Gasteiger partial charge in [-0.05, 0) is 25.7 Å². The molecular formula is C47H93NO5. The van der Waals surface area contributed by atoms with Crippen molar-refractivity contribution in [2.45, 2.75) is 276 Å². The van der Waals surface area contributed by atoms with E-state index >= 15 is 0 Å². The monoisotopic (exact) mass is 752 g/mol. The van der Waals surface area contributed by atoms with E-state index in [9.17, 15) is 19.8 Å². The summed E-state index contributed by atoms with van der Waals surface area (Å²) in [5.74, 6) is -0.0846. The molecule has 0 fully saturated rings. The SMILES string of the molecule is CCCCCCCCCCCCCCCCCC(O)C(CO)NC(=O)CCCCCCCCCCCOC(=O)CCCCCCCCCCCCCC. The molecule has 0 aromatic carbocycles. The molecule has 0 saturated heterocycles. The van der Waals surface area contributed by atoms with Gasteiger partial charge in [-0.15, -0.1) is 0 Å². The molecule has 3 N–H and O–H groups in total. The molecule has 0 saturated carbocycles. The highest BCUT2D eigenvalue weighted by Crippen LogP contribution is 2.16. The Bertz CT molecular complexity index is 746. The Hall–Kier alpha value is -1.14. The van der Waals surface area contributed by atoms with Crippen molar-refractivity contribution >= 4 is 11.9 Å². The lowest BCUT2D eigenvalue weighted by atomic mass is 10.0. The van der Waals surface area contributed by atoms with Crippen molar-refractivity contribution < 1.29 is 24.5 Å². The van der Waals surface area contributed by atoms with Gasteiger partial charge in [0.05, 0.1) is 25.4 Å². The molecule has 0 aliphatic rings. The van der Waals surface area contributed by atoms with Gasteiger partial charge in [-0.3, -0.25) is 9.59 Å². The number of amides is 1. The molecule has 6 nitrogen and oxygen atoms in total. The van der Waals surface area contributed by atoms with E-state index in [0.29, 0.717) is 25.9 Å². The van der Waals surface area contributed by atoms with Crippen molar-refractivity contribution in [2.75, 3.05) is 13.2 Å². The highest BCUT2D eigenvalue weighted by molar-refractivity contribution is 5.76. The lowest BCUT2D eigenvalue weighted by molar-refractivity contribution is -0.143. The van der Waals surface area contributed by atoms with E-state index in [1.165, 1.54) is 173 Å². The smallest absolute Gasteiger partial charge is 0.305 e. The van der Waals surface area contributed by atoms with Gasteiger partial charge >= 0.3 is 5.97 Å². The Kier molecular flexibility index (Phi) is 42.6. The highest BCUT2D eigenvalue weighted by atomic mass is 16.5. The van der Waals surface area contributed by atoms with Crippen LogP contribution in [0.2, 0.25) is 0 Å². The number of hydrogen-bond donors (Lipinski definition) is 3. The van der Waals surface area contributed by atoms with E-state index in [-0.39, 0.29) is 18.5 Å². The second-order valence-electron chi connectivity index (χ2n) is 16.5. The summed E-state index contributed by atoms with van der Waals surface area (Å²) >= 11 is 0. The fourth-order valence-corrected chi connectivity index (χ4v) is 7.46. The quantitative estimate of drug-likeness (QED) is 0.0425. The van der Waals surface area contributed by atoms with Crippen LogP contribution in [-0.4, -0.2) is 47.4 Å². The number of nitrogens with one attached hydrogen (secondary N) is 1. The minimum atomic E-state index is -0.679. The minimum Gasteiger partial charge on any atom is -0.466 e. The average Bonchev–Trinajstić information content (AvgIpc) is 3.16. The molecule has 0 aliphatic carbocycles. The van der Waals surface area contributed by atoms with Crippen LogP contribution in [0.15, 0.2) is 0 Å². The third kappa shape index (κ3) is 40.3. The number of carbonyl (C=O) groups is 2. The van der Waals surface area contributed by atoms with Crippen LogP contribution in [0, 0.1) is 0 Å². The van der Waals surface area contributed by atoms with Crippen molar-refractivity contribution in [3.05, 3.63) is 0 Å². The summed E-state index contributed by atoms with van der Waals surface area (Å²) in [5, 5.41) is 23.2. The van der Waals surface area contributed by atoms with Crippen molar-refractivity contribution in [2.24, 2.45) is 0 Å². The molecule has 316 valence electrons. The number of ether oxygens (including phenoxy) is 1. The first-order chi connectivity index (χ1) is 26.0. The van der Waals surface area contributed by atoms with Gasteiger partial charge in [0.1, 0.15) is 0 Å². The van der Waals surface area contributed by atoms with Crippen molar-refractivity contribution in [3.63, 3.8) is 0 Å². The van der Waals surface area contributed by atoms with E-state index < -0.39 is 12.1 Å². The predicted octanol–water partition coefficient (Wildman–Crippen LogP) is 13.6. The molecule has 0 radical (unpaired) electrons. The zero-order valence-corrected chi connectivity index (χ0v) is 35.8. The van der Waals surface area contributed by atoms with Crippen LogP contribution in [0.5, 0.6) is 0 Å². The molecule has 53 heavy (non-hydrogen) atoms. The first kappa shape index (κ1) is 51.9. The summed E-state index contributed by atoms with van der Waals surface area (Å²) in [6, 6.07) is -0.558. The van der Waals surface area contributed by atoms with Crippen LogP contribution in [0.1, 0.15) is 264 Å². The van der Waals surface area contributed by atoms with Gasteiger partial charge in [-0.1, -0.05) is 226 Å². The third-order valence-corrected chi connectivity index (χ3v) is 11.2. The predicted molar refractivity (Wildman–Crippen MR) is 227 cm³/mol. The van der Waals surface area contributed by atoms with E-state index in [0.717, 1.165) is 57.8 Å². The number of unbranched alkanes of at least 4 members (excludes halogenated alkanes) is 33. The number of rotatable bonds is 44. The molecule has 0 rings (SSSR count). The normalized spacial score (nSPS) is 12.6. The summed E-state index contributed by atoms with van der Waals surface area (Å²) in [4.78, 5) is 24.4. The lowest BCUT2D eigenvalue weighted by Crippen LogP contribution is -2.45. The molecule has 0 heterocycles. The molecule has 2 atom stereocenters. The Labute approximate surface area is 330 Å². The first-order valence-corrected chi connectivity index (χ1v) is 23.8. The van der Waals surface area contributed by atoms with Crippen LogP contribution < -0.4 is 5.32 Å². The summed E-state index contributed by atoms with van der Waals surface area (Å²) in [6.45, 7) is 4.89. The maximum Gasteiger partial charge on any atom is 0.305 e. The van der Waals surface area contributed by atoms with Gasteiger partial charge in [-0.25, -0.2) is 0 Å². The van der Waals surface area contributed by atoms with Gasteiger partial charge in [-0.2, -0.15) is 0 Å². The van der Waals surface area contributed by atoms with E-state index in [1.807, 2.05) is 0 Å². The Morgan fingerprint density at radius 2 is 0.774 bits per heavy atom. The van der Waals surface area contributed by atoms with E-state index in [2.05, 4.69) is 19.2 Å². The molecule has 6 heteroatoms. The Morgan fingerprint density at radius 3 is 1.15 bits per heavy atom. The average molecular weight is 752 g/mol. The molecular weight excluding hydrogens is 659 g/mol. The molecule has 2 unspecified atom stereocenters. The topological polar surface area (TPSA) is 95.9 Å². The Morgan fingerprint density at radius 1 is 0.453 bits per heavy atom. The van der Waals surface area contributed by atoms with Gasteiger partial charge in [0.2, 0.25) is 5.91 Å². The lowest BCUT2D eigenvalue weighted by Gasteiger charge is -2.22. The van der Waals surface area contributed by atoms with E-state index in [4.69, 9.17) is 4.74 Å². The fourth-order valence-electron chi connectivity index (χ4n) is 7.46. The van der Waals surface area contributed by atoms with Crippen molar-refractivity contribution in [3.8, 4) is 0 Å². The molecule has 0 aromatic heterocycles. The fraction of sp³-hybridized carbons (Fsp3) is 0.957. The number of hydrogen-bond acceptors (Lipinski definition) is 5. The maximum atomic E-state index is 12.4. The van der Waals surface area contributed by atoms with Gasteiger partial charge in [0.25, 0.3) is 0 Å². The zero-order valence-electron chi connectivity index (χ0n) is 35.8. The second kappa shape index (κ2) is 43.6. The molecule has 0 bridgehead atoms. The van der Waals surface area contributed by atoms with Crippen LogP contribution >= 0.6 is 0 Å².